The molecule has 7 nitrogen and oxygen atoms in total. The van der Waals surface area contributed by atoms with E-state index in [1.807, 2.05) is 20.8 Å². The van der Waals surface area contributed by atoms with E-state index in [-0.39, 0.29) is 0 Å². The fourth-order valence-electron chi connectivity index (χ4n) is 2.92. The minimum atomic E-state index is -2.68. The molecule has 1 heterocycles. The highest BCUT2D eigenvalue weighted by molar-refractivity contribution is 6.68. The second-order valence-electron chi connectivity index (χ2n) is 5.20. The Morgan fingerprint density at radius 1 is 0.826 bits per heavy atom. The highest BCUT2D eigenvalue weighted by atomic mass is 28.4. The summed E-state index contributed by atoms with van der Waals surface area (Å²) in [7, 11) is -1.71. The van der Waals surface area contributed by atoms with E-state index in [9.17, 15) is 0 Å². The van der Waals surface area contributed by atoms with Crippen molar-refractivity contribution in [3.8, 4) is 0 Å². The van der Waals surface area contributed by atoms with Crippen LogP contribution in [0.3, 0.4) is 0 Å². The summed E-state index contributed by atoms with van der Waals surface area (Å²) < 4.78 is 37.4. The first-order chi connectivity index (χ1) is 11.1. The van der Waals surface area contributed by atoms with Crippen molar-refractivity contribution in [2.24, 2.45) is 0 Å². The van der Waals surface area contributed by atoms with Gasteiger partial charge in [-0.05, 0) is 20.8 Å². The molecular weight excluding hydrogens is 334 g/mol. The molecule has 0 aliphatic carbocycles. The lowest BCUT2D eigenvalue weighted by atomic mass is 10.5. The molecular formula is C14H33NO6Si2. The molecule has 0 N–H and O–H groups in total. The van der Waals surface area contributed by atoms with E-state index in [0.717, 1.165) is 19.1 Å². The third-order valence-electron chi connectivity index (χ3n) is 3.97. The van der Waals surface area contributed by atoms with Crippen molar-refractivity contribution in [1.82, 2.24) is 4.57 Å². The number of hydrogen-bond donors (Lipinski definition) is 0. The molecule has 0 aromatic heterocycles. The fourth-order valence-corrected chi connectivity index (χ4v) is 9.68. The third kappa shape index (κ3) is 5.87. The van der Waals surface area contributed by atoms with Crippen molar-refractivity contribution in [2.45, 2.75) is 32.9 Å². The molecule has 0 spiro atoms. The first kappa shape index (κ1) is 21.2. The van der Waals surface area contributed by atoms with E-state index in [1.165, 1.54) is 0 Å². The van der Waals surface area contributed by atoms with E-state index in [1.54, 1.807) is 14.2 Å². The quantitative estimate of drug-likeness (QED) is 0.486. The lowest BCUT2D eigenvalue weighted by molar-refractivity contribution is 0.0389. The van der Waals surface area contributed by atoms with Crippen LogP contribution in [0.1, 0.15) is 20.8 Å². The largest absolute Gasteiger partial charge is 0.500 e. The number of morpholine rings is 1. The van der Waals surface area contributed by atoms with E-state index in [4.69, 9.17) is 26.9 Å². The second kappa shape index (κ2) is 10.9. The van der Waals surface area contributed by atoms with Gasteiger partial charge in [-0.1, -0.05) is 0 Å². The molecule has 0 atom stereocenters. The van der Waals surface area contributed by atoms with Gasteiger partial charge in [0, 0.05) is 59.2 Å². The molecule has 0 radical (unpaired) electrons. The minimum absolute atomic E-state index is 0.582. The zero-order valence-electron chi connectivity index (χ0n) is 15.3. The van der Waals surface area contributed by atoms with Crippen LogP contribution in [-0.4, -0.2) is 82.4 Å². The predicted molar refractivity (Wildman–Crippen MR) is 92.4 cm³/mol. The highest BCUT2D eigenvalue weighted by Gasteiger charge is 2.49. The van der Waals surface area contributed by atoms with Crippen molar-refractivity contribution in [3.05, 3.63) is 0 Å². The Bertz CT molecular complexity index is 297. The summed E-state index contributed by atoms with van der Waals surface area (Å²) in [6, 6.07) is 1.46. The SMILES string of the molecule is CCO[Si](CC[Si](OC)(OC)N1CCOCC1)(OCC)OCC. The van der Waals surface area contributed by atoms with Crippen LogP contribution >= 0.6 is 0 Å². The first-order valence-electron chi connectivity index (χ1n) is 8.46. The standard InChI is InChI=1S/C14H33NO6Si2/c1-6-19-23(20-7-2,21-8-3)14-13-22(16-4,17-5)15-9-11-18-12-10-15/h6-14H2,1-5H3. The summed E-state index contributed by atoms with van der Waals surface area (Å²) in [5, 5.41) is 0. The molecule has 0 unspecified atom stereocenters. The summed E-state index contributed by atoms with van der Waals surface area (Å²) in [4.78, 5) is 0. The van der Waals surface area contributed by atoms with Crippen molar-refractivity contribution in [3.63, 3.8) is 0 Å². The summed E-state index contributed by atoms with van der Waals surface area (Å²) in [6.45, 7) is 10.8. The molecule has 0 bridgehead atoms. The Balaban J connectivity index is 2.83. The Kier molecular flexibility index (Phi) is 10.0. The molecule has 1 aliphatic rings. The molecule has 0 amide bonds. The van der Waals surface area contributed by atoms with Crippen molar-refractivity contribution >= 4 is 17.5 Å². The first-order valence-corrected chi connectivity index (χ1v) is 12.4. The van der Waals surface area contributed by atoms with Gasteiger partial charge in [-0.25, -0.2) is 0 Å². The molecule has 9 heteroatoms. The highest BCUT2D eigenvalue weighted by Crippen LogP contribution is 2.27. The van der Waals surface area contributed by atoms with Gasteiger partial charge < -0.3 is 26.9 Å². The molecule has 0 saturated carbocycles. The fraction of sp³-hybridized carbons (Fsp3) is 1.00. The van der Waals surface area contributed by atoms with Crippen LogP contribution in [0.5, 0.6) is 0 Å². The Morgan fingerprint density at radius 3 is 1.70 bits per heavy atom. The maximum Gasteiger partial charge on any atom is 0.500 e. The van der Waals surface area contributed by atoms with Crippen LogP contribution in [0.4, 0.5) is 0 Å². The van der Waals surface area contributed by atoms with E-state index in [0.29, 0.717) is 39.1 Å². The summed E-state index contributed by atoms with van der Waals surface area (Å²) >= 11 is 0. The third-order valence-corrected chi connectivity index (χ3v) is 11.1. The molecule has 138 valence electrons. The van der Waals surface area contributed by atoms with Gasteiger partial charge in [0.15, 0.2) is 0 Å². The van der Waals surface area contributed by atoms with Gasteiger partial charge in [-0.2, -0.15) is 0 Å². The molecule has 1 saturated heterocycles. The second-order valence-corrected chi connectivity index (χ2v) is 11.3. The number of rotatable bonds is 12. The molecule has 0 aromatic rings. The van der Waals surface area contributed by atoms with Crippen LogP contribution in [0.25, 0.3) is 0 Å². The van der Waals surface area contributed by atoms with E-state index >= 15 is 0 Å². The number of nitrogens with zero attached hydrogens (tertiary/aromatic N) is 1. The number of hydrogen-bond acceptors (Lipinski definition) is 7. The van der Waals surface area contributed by atoms with Gasteiger partial charge in [-0.3, -0.25) is 4.57 Å². The number of ether oxygens (including phenoxy) is 1. The monoisotopic (exact) mass is 367 g/mol. The summed E-state index contributed by atoms with van der Waals surface area (Å²) in [5.74, 6) is 0. The van der Waals surface area contributed by atoms with Gasteiger partial charge >= 0.3 is 17.5 Å². The summed E-state index contributed by atoms with van der Waals surface area (Å²) in [5.41, 5.74) is 0. The van der Waals surface area contributed by atoms with E-state index in [2.05, 4.69) is 4.57 Å². The Labute approximate surface area is 142 Å². The maximum atomic E-state index is 5.94. The van der Waals surface area contributed by atoms with Crippen LogP contribution in [0, 0.1) is 0 Å². The van der Waals surface area contributed by atoms with Gasteiger partial charge in [0.1, 0.15) is 0 Å². The average Bonchev–Trinajstić information content (AvgIpc) is 2.58. The minimum Gasteiger partial charge on any atom is -0.386 e. The lowest BCUT2D eigenvalue weighted by Crippen LogP contribution is -2.62. The molecule has 1 rings (SSSR count). The van der Waals surface area contributed by atoms with Crippen molar-refractivity contribution < 1.29 is 26.9 Å². The van der Waals surface area contributed by atoms with Crippen LogP contribution < -0.4 is 0 Å². The summed E-state index contributed by atoms with van der Waals surface area (Å²) in [6.07, 6.45) is 0. The zero-order chi connectivity index (χ0) is 17.2. The topological polar surface area (TPSA) is 58.6 Å². The zero-order valence-corrected chi connectivity index (χ0v) is 17.3. The van der Waals surface area contributed by atoms with Crippen LogP contribution in [0.2, 0.25) is 12.1 Å². The van der Waals surface area contributed by atoms with Gasteiger partial charge in [0.25, 0.3) is 0 Å². The van der Waals surface area contributed by atoms with E-state index < -0.39 is 17.5 Å². The van der Waals surface area contributed by atoms with Crippen LogP contribution in [-0.2, 0) is 26.9 Å². The normalized spacial score (nSPS) is 17.6. The van der Waals surface area contributed by atoms with Gasteiger partial charge in [0.2, 0.25) is 0 Å². The van der Waals surface area contributed by atoms with Crippen molar-refractivity contribution in [2.75, 3.05) is 60.3 Å². The predicted octanol–water partition coefficient (Wildman–Crippen LogP) is 1.60. The molecule has 0 aromatic carbocycles. The lowest BCUT2D eigenvalue weighted by Gasteiger charge is -2.41. The Hall–Kier alpha value is 0.154. The smallest absolute Gasteiger partial charge is 0.386 e. The van der Waals surface area contributed by atoms with Gasteiger partial charge in [0.05, 0.1) is 13.2 Å². The molecule has 1 fully saturated rings. The average molecular weight is 368 g/mol. The molecule has 1 aliphatic heterocycles. The van der Waals surface area contributed by atoms with Crippen molar-refractivity contribution in [1.29, 1.82) is 0 Å². The van der Waals surface area contributed by atoms with Gasteiger partial charge in [-0.15, -0.1) is 0 Å². The maximum absolute atomic E-state index is 5.94. The molecule has 23 heavy (non-hydrogen) atoms. The Morgan fingerprint density at radius 2 is 1.30 bits per heavy atom. The van der Waals surface area contributed by atoms with Crippen LogP contribution in [0.15, 0.2) is 0 Å².